The van der Waals surface area contributed by atoms with E-state index in [-0.39, 0.29) is 43.7 Å². The van der Waals surface area contributed by atoms with Gasteiger partial charge in [0.05, 0.1) is 0 Å². The first-order valence-electron chi connectivity index (χ1n) is 2.15. The van der Waals surface area contributed by atoms with Crippen molar-refractivity contribution >= 4 is 43.7 Å². The number of rotatable bonds is 1. The van der Waals surface area contributed by atoms with Gasteiger partial charge >= 0.3 is 43.7 Å². The molecule has 0 radical (unpaired) electrons. The molecule has 0 saturated heterocycles. The zero-order valence-corrected chi connectivity index (χ0v) is 5.05. The van der Waals surface area contributed by atoms with Crippen LogP contribution < -0.4 is 5.90 Å². The summed E-state index contributed by atoms with van der Waals surface area (Å²) in [7, 11) is 1.00. The van der Waals surface area contributed by atoms with E-state index in [1.807, 2.05) is 0 Å². The van der Waals surface area contributed by atoms with Gasteiger partial charge in [-0.05, 0) is 0 Å². The van der Waals surface area contributed by atoms with Gasteiger partial charge in [-0.3, -0.25) is 4.79 Å². The Labute approximate surface area is 84.3 Å². The van der Waals surface area contributed by atoms with E-state index < -0.39 is 0 Å². The quantitative estimate of drug-likeness (QED) is 0.365. The number of carbonyl (C=O) groups is 1. The van der Waals surface area contributed by atoms with Crippen LogP contribution in [0.25, 0.3) is 0 Å². The average Bonchev–Trinajstić information content (AvgIpc) is 1.91. The van der Waals surface area contributed by atoms with Gasteiger partial charge in [0, 0.05) is 13.5 Å². The van der Waals surface area contributed by atoms with E-state index in [9.17, 15) is 4.79 Å². The fourth-order valence-corrected chi connectivity index (χ4v) is 0.0833. The molecule has 0 bridgehead atoms. The number of hydrogen-bond acceptors (Lipinski definition) is 4. The van der Waals surface area contributed by atoms with Crippen molar-refractivity contribution in [2.24, 2.45) is 5.90 Å². The summed E-state index contributed by atoms with van der Waals surface area (Å²) < 4.78 is 0. The van der Waals surface area contributed by atoms with Crippen LogP contribution >= 0.6 is 0 Å². The Morgan fingerprint density at radius 3 is 2.00 bits per heavy atom. The molecule has 9 heavy (non-hydrogen) atoms. The average molecular weight is 163 g/mol. The molecule has 54 valence electrons. The van der Waals surface area contributed by atoms with Crippen molar-refractivity contribution in [3.63, 3.8) is 0 Å². The van der Waals surface area contributed by atoms with Gasteiger partial charge in [-0.25, -0.2) is 0 Å². The van der Waals surface area contributed by atoms with Crippen LogP contribution in [0.5, 0.6) is 0 Å². The van der Waals surface area contributed by atoms with Crippen LogP contribution in [0.4, 0.5) is 0 Å². The summed E-state index contributed by atoms with van der Waals surface area (Å²) in [6.45, 7) is 1.68. The fourth-order valence-electron chi connectivity index (χ4n) is 0.0833. The van der Waals surface area contributed by atoms with Crippen LogP contribution in [0.15, 0.2) is 0 Å². The van der Waals surface area contributed by atoms with E-state index in [4.69, 9.17) is 5.11 Å². The monoisotopic (exact) mass is 163 g/mol. The second-order valence-electron chi connectivity index (χ2n) is 0.843. The van der Waals surface area contributed by atoms with Gasteiger partial charge in [0.1, 0.15) is 0 Å². The van der Waals surface area contributed by atoms with Crippen molar-refractivity contribution in [3.8, 4) is 0 Å². The standard InChI is InChI=1S/C3H7NO2.CH4O.Ca.2H/c1-2-3(5)6-4;1-2;;;/h2,4H2,1H3;2H,1H3;;;. The van der Waals surface area contributed by atoms with E-state index in [1.165, 1.54) is 0 Å². The first-order valence-corrected chi connectivity index (χ1v) is 2.15. The first kappa shape index (κ1) is 16.3. The normalized spacial score (nSPS) is 5.78. The maximum atomic E-state index is 9.83. The second kappa shape index (κ2) is 15.9. The molecule has 0 spiro atoms. The molecule has 4 nitrogen and oxygen atoms in total. The van der Waals surface area contributed by atoms with Gasteiger partial charge < -0.3 is 9.94 Å². The minimum absolute atomic E-state index is 0. The summed E-state index contributed by atoms with van der Waals surface area (Å²) in [6, 6.07) is 0. The summed E-state index contributed by atoms with van der Waals surface area (Å²) in [5, 5.41) is 7.00. The van der Waals surface area contributed by atoms with Crippen molar-refractivity contribution in [1.29, 1.82) is 0 Å². The van der Waals surface area contributed by atoms with E-state index in [2.05, 4.69) is 10.7 Å². The minimum atomic E-state index is -0.380. The van der Waals surface area contributed by atoms with Crippen molar-refractivity contribution < 1.29 is 14.7 Å². The Bertz CT molecular complexity index is 53.8. The SMILES string of the molecule is CCC(=O)ON.CO.[CaH2]. The third-order valence-corrected chi connectivity index (χ3v) is 0.420. The molecule has 0 rings (SSSR count). The molecule has 5 heteroatoms. The third kappa shape index (κ3) is 17.7. The Morgan fingerprint density at radius 1 is 1.67 bits per heavy atom. The van der Waals surface area contributed by atoms with Crippen LogP contribution in [0, 0.1) is 0 Å². The number of nitrogens with two attached hydrogens (primary N) is 1. The van der Waals surface area contributed by atoms with Gasteiger partial charge in [0.2, 0.25) is 0 Å². The van der Waals surface area contributed by atoms with Crippen LogP contribution in [0.1, 0.15) is 13.3 Å². The molecule has 0 fully saturated rings. The number of hydrogen-bond donors (Lipinski definition) is 2. The third-order valence-electron chi connectivity index (χ3n) is 0.420. The van der Waals surface area contributed by atoms with Crippen molar-refractivity contribution in [1.82, 2.24) is 0 Å². The van der Waals surface area contributed by atoms with Crippen LogP contribution in [-0.4, -0.2) is 55.9 Å². The number of aliphatic hydroxyl groups is 1. The van der Waals surface area contributed by atoms with Crippen molar-refractivity contribution in [3.05, 3.63) is 0 Å². The summed E-state index contributed by atoms with van der Waals surface area (Å²) in [5.74, 6) is 4.05. The molecule has 0 amide bonds. The van der Waals surface area contributed by atoms with Gasteiger partial charge in [-0.15, -0.1) is 0 Å². The summed E-state index contributed by atoms with van der Waals surface area (Å²) >= 11 is 0. The molecule has 0 aliphatic rings. The Kier molecular flexibility index (Phi) is 28.8. The molecule has 0 unspecified atom stereocenters. The molecule has 0 atom stereocenters. The van der Waals surface area contributed by atoms with Crippen LogP contribution in [0.2, 0.25) is 0 Å². The number of carbonyl (C=O) groups excluding carboxylic acids is 1. The van der Waals surface area contributed by atoms with Gasteiger partial charge in [-0.1, -0.05) is 6.92 Å². The molecule has 0 heterocycles. The molecule has 0 aromatic heterocycles. The second-order valence-corrected chi connectivity index (χ2v) is 0.843. The van der Waals surface area contributed by atoms with Crippen molar-refractivity contribution in [2.45, 2.75) is 13.3 Å². The fraction of sp³-hybridized carbons (Fsp3) is 0.750. The Hall–Kier alpha value is 0.650. The molecule has 0 aliphatic carbocycles. The van der Waals surface area contributed by atoms with Crippen LogP contribution in [0.3, 0.4) is 0 Å². The van der Waals surface area contributed by atoms with Crippen molar-refractivity contribution in [2.75, 3.05) is 7.11 Å². The zero-order valence-electron chi connectivity index (χ0n) is 5.05. The maximum absolute atomic E-state index is 9.83. The zero-order chi connectivity index (χ0) is 6.99. The molecular formula is C4H13CaNO3. The predicted octanol–water partition coefficient (Wildman–Crippen LogP) is -1.49. The van der Waals surface area contributed by atoms with Crippen LogP contribution in [-0.2, 0) is 9.63 Å². The molecule has 0 aromatic carbocycles. The topological polar surface area (TPSA) is 72.5 Å². The Morgan fingerprint density at radius 2 is 2.00 bits per heavy atom. The van der Waals surface area contributed by atoms with Gasteiger partial charge in [0.15, 0.2) is 0 Å². The first-order chi connectivity index (χ1) is 3.81. The van der Waals surface area contributed by atoms with Gasteiger partial charge in [-0.2, -0.15) is 5.90 Å². The number of aliphatic hydroxyl groups excluding tert-OH is 1. The van der Waals surface area contributed by atoms with E-state index >= 15 is 0 Å². The van der Waals surface area contributed by atoms with Gasteiger partial charge in [0.25, 0.3) is 0 Å². The molecule has 0 aliphatic heterocycles. The van der Waals surface area contributed by atoms with E-state index in [1.54, 1.807) is 6.92 Å². The molecular weight excluding hydrogens is 150 g/mol. The summed E-state index contributed by atoms with van der Waals surface area (Å²) in [5.41, 5.74) is 0. The summed E-state index contributed by atoms with van der Waals surface area (Å²) in [4.78, 5) is 13.6. The van der Waals surface area contributed by atoms with E-state index in [0.29, 0.717) is 6.42 Å². The predicted molar refractivity (Wildman–Crippen MR) is 37.3 cm³/mol. The summed E-state index contributed by atoms with van der Waals surface area (Å²) in [6.07, 6.45) is 0.344. The van der Waals surface area contributed by atoms with E-state index in [0.717, 1.165) is 7.11 Å². The molecule has 3 N–H and O–H groups in total. The molecule has 0 saturated carbocycles. The molecule has 0 aromatic rings. The Balaban J connectivity index is -0.000000109.